The van der Waals surface area contributed by atoms with Crippen LogP contribution in [0, 0.1) is 11.6 Å². The summed E-state index contributed by atoms with van der Waals surface area (Å²) in [6.45, 7) is 7.80. The Balaban J connectivity index is 2.01. The molecule has 0 saturated heterocycles. The molecule has 0 bridgehead atoms. The number of nitrogens with two attached hydrogens (primary N) is 1. The number of nitrogens with one attached hydrogen (secondary N) is 3. The lowest BCUT2D eigenvalue weighted by molar-refractivity contribution is 0.0994. The zero-order valence-corrected chi connectivity index (χ0v) is 20.7. The molecule has 0 aliphatic rings. The van der Waals surface area contributed by atoms with E-state index in [1.54, 1.807) is 0 Å². The molecule has 2 rings (SSSR count). The number of hydrogen-bond acceptors (Lipinski definition) is 7. The van der Waals surface area contributed by atoms with Gasteiger partial charge in [0.1, 0.15) is 28.3 Å². The molecule has 9 nitrogen and oxygen atoms in total. The van der Waals surface area contributed by atoms with Crippen molar-refractivity contribution >= 4 is 40.1 Å². The number of aromatic nitrogens is 1. The highest BCUT2D eigenvalue weighted by Gasteiger charge is 2.26. The molecule has 1 aromatic carbocycles. The van der Waals surface area contributed by atoms with Crippen LogP contribution in [-0.4, -0.2) is 46.2 Å². The summed E-state index contributed by atoms with van der Waals surface area (Å²) < 4.78 is 37.8. The number of primary amides is 1. The number of rotatable bonds is 10. The maximum Gasteiger partial charge on any atom is 0.319 e. The van der Waals surface area contributed by atoms with Gasteiger partial charge in [-0.25, -0.2) is 13.6 Å². The fraction of sp³-hybridized carbons (Fsp3) is 0.476. The number of ether oxygens (including phenoxy) is 1. The number of aliphatic hydroxyl groups is 1. The quantitative estimate of drug-likeness (QED) is 0.325. The SMILES string of the molecule is CC(Oc1nsc(NC(=O)NCCC(O)CNC(C)(C)C)c1C(N)=O)c1c(F)cc(Cl)cc1F. The molecule has 2 aromatic rings. The standard InChI is InChI=1S/C21H28ClF2N5O4S/c1-10(15-13(23)7-11(22)8-14(15)24)33-18-16(17(25)31)19(34-29-18)28-20(32)26-6-5-12(30)9-27-21(2,3)4/h7-8,10,12,27,30H,5-6,9H2,1-4H3,(H2,25,31)(H2,26,28,32). The van der Waals surface area contributed by atoms with Crippen molar-refractivity contribution in [3.8, 4) is 5.88 Å². The van der Waals surface area contributed by atoms with Crippen LogP contribution in [0.3, 0.4) is 0 Å². The minimum atomic E-state index is -1.18. The van der Waals surface area contributed by atoms with Gasteiger partial charge in [0.05, 0.1) is 11.7 Å². The Bertz CT molecular complexity index is 1010. The van der Waals surface area contributed by atoms with Gasteiger partial charge in [0.25, 0.3) is 5.91 Å². The van der Waals surface area contributed by atoms with Crippen LogP contribution in [-0.2, 0) is 0 Å². The first-order valence-corrected chi connectivity index (χ1v) is 11.5. The van der Waals surface area contributed by atoms with Crippen LogP contribution in [0.2, 0.25) is 5.02 Å². The van der Waals surface area contributed by atoms with Crippen LogP contribution in [0.1, 0.15) is 56.1 Å². The molecule has 0 spiro atoms. The Morgan fingerprint density at radius 2 is 1.91 bits per heavy atom. The zero-order chi connectivity index (χ0) is 25.6. The number of hydrogen-bond donors (Lipinski definition) is 5. The maximum atomic E-state index is 14.2. The normalized spacial score (nSPS) is 13.3. The molecule has 1 aromatic heterocycles. The molecular weight excluding hydrogens is 492 g/mol. The summed E-state index contributed by atoms with van der Waals surface area (Å²) >= 11 is 6.35. The number of anilines is 1. The predicted molar refractivity (Wildman–Crippen MR) is 126 cm³/mol. The number of β-amino-alcohol motifs (C(OH)–C–C–N with tert-alkyl or cyclic N) is 1. The third-order valence-corrected chi connectivity index (χ3v) is 5.47. The summed E-state index contributed by atoms with van der Waals surface area (Å²) in [7, 11) is 0. The number of urea groups is 1. The smallest absolute Gasteiger partial charge is 0.319 e. The van der Waals surface area contributed by atoms with E-state index in [-0.39, 0.29) is 33.6 Å². The van der Waals surface area contributed by atoms with Crippen molar-refractivity contribution in [2.24, 2.45) is 5.73 Å². The monoisotopic (exact) mass is 519 g/mol. The van der Waals surface area contributed by atoms with E-state index in [2.05, 4.69) is 20.3 Å². The molecule has 34 heavy (non-hydrogen) atoms. The number of nitrogens with zero attached hydrogens (tertiary/aromatic N) is 1. The fourth-order valence-electron chi connectivity index (χ4n) is 2.85. The predicted octanol–water partition coefficient (Wildman–Crippen LogP) is 3.57. The summed E-state index contributed by atoms with van der Waals surface area (Å²) in [5, 5.41) is 18.0. The van der Waals surface area contributed by atoms with Gasteiger partial charge in [-0.2, -0.15) is 4.37 Å². The van der Waals surface area contributed by atoms with Crippen molar-refractivity contribution < 1.29 is 28.2 Å². The first-order chi connectivity index (χ1) is 15.8. The highest BCUT2D eigenvalue weighted by atomic mass is 35.5. The summed E-state index contributed by atoms with van der Waals surface area (Å²) in [4.78, 5) is 24.2. The summed E-state index contributed by atoms with van der Waals surface area (Å²) in [5.41, 5.74) is 4.62. The lowest BCUT2D eigenvalue weighted by Crippen LogP contribution is -2.42. The molecule has 0 radical (unpaired) electrons. The van der Waals surface area contributed by atoms with E-state index in [9.17, 15) is 23.5 Å². The van der Waals surface area contributed by atoms with Crippen molar-refractivity contribution in [3.05, 3.63) is 39.9 Å². The van der Waals surface area contributed by atoms with Crippen LogP contribution in [0.25, 0.3) is 0 Å². The molecule has 2 atom stereocenters. The molecule has 188 valence electrons. The highest BCUT2D eigenvalue weighted by Crippen LogP contribution is 2.34. The van der Waals surface area contributed by atoms with Gasteiger partial charge in [-0.05, 0) is 57.8 Å². The molecule has 0 aliphatic heterocycles. The van der Waals surface area contributed by atoms with E-state index in [0.717, 1.165) is 12.1 Å². The Morgan fingerprint density at radius 1 is 1.29 bits per heavy atom. The van der Waals surface area contributed by atoms with Crippen molar-refractivity contribution in [1.82, 2.24) is 15.0 Å². The zero-order valence-electron chi connectivity index (χ0n) is 19.2. The average Bonchev–Trinajstić information content (AvgIpc) is 3.07. The third kappa shape index (κ3) is 8.05. The molecule has 13 heteroatoms. The van der Waals surface area contributed by atoms with Crippen molar-refractivity contribution in [1.29, 1.82) is 0 Å². The maximum absolute atomic E-state index is 14.2. The van der Waals surface area contributed by atoms with Gasteiger partial charge >= 0.3 is 6.03 Å². The van der Waals surface area contributed by atoms with Crippen LogP contribution in [0.5, 0.6) is 5.88 Å². The lowest BCUT2D eigenvalue weighted by atomic mass is 10.1. The fourth-order valence-corrected chi connectivity index (χ4v) is 3.77. The average molecular weight is 520 g/mol. The van der Waals surface area contributed by atoms with E-state index in [1.165, 1.54) is 6.92 Å². The van der Waals surface area contributed by atoms with E-state index in [1.807, 2.05) is 20.8 Å². The summed E-state index contributed by atoms with van der Waals surface area (Å²) in [6, 6.07) is 1.21. The molecule has 6 N–H and O–H groups in total. The molecule has 0 fully saturated rings. The van der Waals surface area contributed by atoms with Gasteiger partial charge in [0.15, 0.2) is 0 Å². The molecule has 0 aliphatic carbocycles. The van der Waals surface area contributed by atoms with Crippen molar-refractivity contribution in [3.63, 3.8) is 0 Å². The third-order valence-electron chi connectivity index (χ3n) is 4.50. The second-order valence-electron chi connectivity index (χ2n) is 8.55. The van der Waals surface area contributed by atoms with Crippen LogP contribution in [0.4, 0.5) is 18.6 Å². The van der Waals surface area contributed by atoms with Crippen molar-refractivity contribution in [2.45, 2.75) is 51.9 Å². The first kappa shape index (κ1) is 27.7. The van der Waals surface area contributed by atoms with Gasteiger partial charge in [-0.3, -0.25) is 10.1 Å². The number of amides is 3. The lowest BCUT2D eigenvalue weighted by Gasteiger charge is -2.22. The molecule has 1 heterocycles. The van der Waals surface area contributed by atoms with Gasteiger partial charge in [0.2, 0.25) is 5.88 Å². The number of halogens is 3. The highest BCUT2D eigenvalue weighted by molar-refractivity contribution is 7.11. The Morgan fingerprint density at radius 3 is 2.47 bits per heavy atom. The summed E-state index contributed by atoms with van der Waals surface area (Å²) in [6.07, 6.45) is -1.55. The van der Waals surface area contributed by atoms with Crippen LogP contribution >= 0.6 is 23.1 Å². The number of carbonyl (C=O) groups is 2. The van der Waals surface area contributed by atoms with E-state index in [4.69, 9.17) is 22.1 Å². The molecule has 3 amide bonds. The number of aliphatic hydroxyl groups excluding tert-OH is 1. The number of carbonyl (C=O) groups excluding carboxylic acids is 2. The van der Waals surface area contributed by atoms with Gasteiger partial charge in [0, 0.05) is 23.7 Å². The second kappa shape index (κ2) is 11.7. The first-order valence-electron chi connectivity index (χ1n) is 10.4. The minimum Gasteiger partial charge on any atom is -0.468 e. The molecule has 2 unspecified atom stereocenters. The Kier molecular flexibility index (Phi) is 9.56. The van der Waals surface area contributed by atoms with Gasteiger partial charge < -0.3 is 26.2 Å². The van der Waals surface area contributed by atoms with Crippen LogP contribution in [0.15, 0.2) is 12.1 Å². The second-order valence-corrected chi connectivity index (χ2v) is 9.76. The van der Waals surface area contributed by atoms with E-state index >= 15 is 0 Å². The van der Waals surface area contributed by atoms with Crippen molar-refractivity contribution in [2.75, 3.05) is 18.4 Å². The minimum absolute atomic E-state index is 0.000743. The summed E-state index contributed by atoms with van der Waals surface area (Å²) in [5.74, 6) is -3.08. The van der Waals surface area contributed by atoms with Gasteiger partial charge in [-0.15, -0.1) is 0 Å². The Hall–Kier alpha value is -2.54. The van der Waals surface area contributed by atoms with Crippen LogP contribution < -0.4 is 26.4 Å². The molecular formula is C21H28ClF2N5O4S. The van der Waals surface area contributed by atoms with E-state index < -0.39 is 41.3 Å². The van der Waals surface area contributed by atoms with Gasteiger partial charge in [-0.1, -0.05) is 11.6 Å². The van der Waals surface area contributed by atoms with E-state index in [0.29, 0.717) is 24.5 Å². The number of benzene rings is 1. The largest absolute Gasteiger partial charge is 0.468 e. The molecule has 0 saturated carbocycles. The topological polar surface area (TPSA) is 139 Å². The Labute approximate surface area is 205 Å².